The third-order valence-corrected chi connectivity index (χ3v) is 4.39. The van der Waals surface area contributed by atoms with Crippen LogP contribution in [0.2, 0.25) is 0 Å². The van der Waals surface area contributed by atoms with Gasteiger partial charge in [-0.25, -0.2) is 0 Å². The topological polar surface area (TPSA) is 35.2 Å². The summed E-state index contributed by atoms with van der Waals surface area (Å²) in [7, 11) is 0. The molecule has 0 aromatic rings. The lowest BCUT2D eigenvalue weighted by Gasteiger charge is -2.19. The predicted molar refractivity (Wildman–Crippen MR) is 51.3 cm³/mol. The first-order valence-corrected chi connectivity index (χ1v) is 5.71. The van der Waals surface area contributed by atoms with Crippen molar-refractivity contribution in [3.05, 3.63) is 0 Å². The molecular weight excluding hydrogens is 162 g/mol. The van der Waals surface area contributed by atoms with E-state index in [-0.39, 0.29) is 5.54 Å². The second-order valence-electron chi connectivity index (χ2n) is 5.10. The second kappa shape index (κ2) is 2.71. The molecular formula is C11H19NO. The molecule has 2 nitrogen and oxygen atoms in total. The summed E-state index contributed by atoms with van der Waals surface area (Å²) < 4.78 is 5.65. The Bertz CT molecular complexity index is 200. The Labute approximate surface area is 79.8 Å². The van der Waals surface area contributed by atoms with Crippen molar-refractivity contribution in [1.29, 1.82) is 0 Å². The highest BCUT2D eigenvalue weighted by molar-refractivity contribution is 5.19. The minimum Gasteiger partial charge on any atom is -0.378 e. The summed E-state index contributed by atoms with van der Waals surface area (Å²) in [6.45, 7) is 0.968. The van der Waals surface area contributed by atoms with Gasteiger partial charge in [-0.05, 0) is 43.9 Å². The van der Waals surface area contributed by atoms with Crippen LogP contribution >= 0.6 is 0 Å². The third kappa shape index (κ3) is 1.15. The summed E-state index contributed by atoms with van der Waals surface area (Å²) in [6, 6.07) is 0. The standard InChI is InChI=1S/C11H19NO/c12-11(7-8-3-2-6-13-8)9-4-1-5-10(9)11/h8-10H,1-7,12H2. The summed E-state index contributed by atoms with van der Waals surface area (Å²) in [5.74, 6) is 1.72. The Morgan fingerprint density at radius 1 is 1.15 bits per heavy atom. The van der Waals surface area contributed by atoms with Crippen LogP contribution in [0.25, 0.3) is 0 Å². The van der Waals surface area contributed by atoms with Gasteiger partial charge in [0.05, 0.1) is 6.10 Å². The molecule has 2 N–H and O–H groups in total. The minimum atomic E-state index is 0.202. The van der Waals surface area contributed by atoms with E-state index in [1.807, 2.05) is 0 Å². The van der Waals surface area contributed by atoms with Crippen molar-refractivity contribution in [2.45, 2.75) is 50.2 Å². The number of hydrogen-bond acceptors (Lipinski definition) is 2. The maximum Gasteiger partial charge on any atom is 0.0593 e. The van der Waals surface area contributed by atoms with Gasteiger partial charge in [-0.2, -0.15) is 0 Å². The van der Waals surface area contributed by atoms with E-state index in [0.717, 1.165) is 24.9 Å². The smallest absolute Gasteiger partial charge is 0.0593 e. The quantitative estimate of drug-likeness (QED) is 0.703. The Balaban J connectivity index is 1.60. The van der Waals surface area contributed by atoms with Crippen LogP contribution < -0.4 is 5.73 Å². The lowest BCUT2D eigenvalue weighted by atomic mass is 9.98. The fourth-order valence-corrected chi connectivity index (χ4v) is 3.63. The molecule has 0 aromatic heterocycles. The third-order valence-electron chi connectivity index (χ3n) is 4.39. The minimum absolute atomic E-state index is 0.202. The molecule has 2 saturated carbocycles. The van der Waals surface area contributed by atoms with E-state index >= 15 is 0 Å². The SMILES string of the molecule is NC1(CC2CCCO2)C2CCCC21. The van der Waals surface area contributed by atoms with Gasteiger partial charge in [-0.1, -0.05) is 6.42 Å². The highest BCUT2D eigenvalue weighted by Gasteiger charge is 2.63. The molecule has 2 aliphatic carbocycles. The van der Waals surface area contributed by atoms with Gasteiger partial charge in [-0.3, -0.25) is 0 Å². The summed E-state index contributed by atoms with van der Waals surface area (Å²) in [5, 5.41) is 0. The van der Waals surface area contributed by atoms with Gasteiger partial charge >= 0.3 is 0 Å². The van der Waals surface area contributed by atoms with Crippen LogP contribution in [0.3, 0.4) is 0 Å². The van der Waals surface area contributed by atoms with Crippen molar-refractivity contribution in [1.82, 2.24) is 0 Å². The number of rotatable bonds is 2. The summed E-state index contributed by atoms with van der Waals surface area (Å²) in [5.41, 5.74) is 6.60. The lowest BCUT2D eigenvalue weighted by molar-refractivity contribution is 0.0918. The fraction of sp³-hybridized carbons (Fsp3) is 1.00. The van der Waals surface area contributed by atoms with E-state index in [2.05, 4.69) is 0 Å². The van der Waals surface area contributed by atoms with E-state index in [4.69, 9.17) is 10.5 Å². The molecule has 0 aromatic carbocycles. The molecule has 74 valence electrons. The Morgan fingerprint density at radius 2 is 1.92 bits per heavy atom. The van der Waals surface area contributed by atoms with Crippen molar-refractivity contribution >= 4 is 0 Å². The molecule has 3 fully saturated rings. The second-order valence-corrected chi connectivity index (χ2v) is 5.10. The molecule has 3 aliphatic rings. The maximum absolute atomic E-state index is 6.40. The molecule has 3 atom stereocenters. The molecule has 13 heavy (non-hydrogen) atoms. The molecule has 0 radical (unpaired) electrons. The van der Waals surface area contributed by atoms with E-state index < -0.39 is 0 Å². The first kappa shape index (κ1) is 8.25. The van der Waals surface area contributed by atoms with Crippen molar-refractivity contribution in [2.24, 2.45) is 17.6 Å². The highest BCUT2D eigenvalue weighted by Crippen LogP contribution is 2.61. The van der Waals surface area contributed by atoms with Crippen molar-refractivity contribution in [2.75, 3.05) is 6.61 Å². The lowest BCUT2D eigenvalue weighted by Crippen LogP contribution is -2.33. The Morgan fingerprint density at radius 3 is 2.54 bits per heavy atom. The van der Waals surface area contributed by atoms with Gasteiger partial charge in [0.1, 0.15) is 0 Å². The van der Waals surface area contributed by atoms with Crippen LogP contribution in [-0.2, 0) is 4.74 Å². The average Bonchev–Trinajstić information content (AvgIpc) is 2.60. The van der Waals surface area contributed by atoms with Crippen LogP contribution in [0.15, 0.2) is 0 Å². The summed E-state index contributed by atoms with van der Waals surface area (Å²) in [6.07, 6.45) is 8.31. The van der Waals surface area contributed by atoms with Gasteiger partial charge in [0.15, 0.2) is 0 Å². The van der Waals surface area contributed by atoms with E-state index in [9.17, 15) is 0 Å². The predicted octanol–water partition coefficient (Wildman–Crippen LogP) is 1.68. The number of fused-ring (bicyclic) bond motifs is 1. The molecule has 0 amide bonds. The van der Waals surface area contributed by atoms with Gasteiger partial charge in [0.2, 0.25) is 0 Å². The molecule has 3 unspecified atom stereocenters. The van der Waals surface area contributed by atoms with Crippen molar-refractivity contribution in [3.8, 4) is 0 Å². The van der Waals surface area contributed by atoms with Crippen LogP contribution in [0, 0.1) is 11.8 Å². The first-order chi connectivity index (χ1) is 6.31. The first-order valence-electron chi connectivity index (χ1n) is 5.71. The summed E-state index contributed by atoms with van der Waals surface area (Å²) >= 11 is 0. The maximum atomic E-state index is 6.40. The van der Waals surface area contributed by atoms with Gasteiger partial charge in [-0.15, -0.1) is 0 Å². The molecule has 1 aliphatic heterocycles. The average molecular weight is 181 g/mol. The van der Waals surface area contributed by atoms with Gasteiger partial charge < -0.3 is 10.5 Å². The molecule has 0 bridgehead atoms. The Hall–Kier alpha value is -0.0800. The van der Waals surface area contributed by atoms with E-state index in [1.165, 1.54) is 32.1 Å². The molecule has 2 heteroatoms. The van der Waals surface area contributed by atoms with E-state index in [0.29, 0.717) is 6.10 Å². The zero-order valence-corrected chi connectivity index (χ0v) is 8.17. The molecule has 0 spiro atoms. The zero-order chi connectivity index (χ0) is 8.89. The Kier molecular flexibility index (Phi) is 1.72. The highest BCUT2D eigenvalue weighted by atomic mass is 16.5. The van der Waals surface area contributed by atoms with E-state index in [1.54, 1.807) is 0 Å². The molecule has 3 rings (SSSR count). The number of hydrogen-bond donors (Lipinski definition) is 1. The zero-order valence-electron chi connectivity index (χ0n) is 8.17. The largest absolute Gasteiger partial charge is 0.378 e. The van der Waals surface area contributed by atoms with Crippen LogP contribution in [0.5, 0.6) is 0 Å². The fourth-order valence-electron chi connectivity index (χ4n) is 3.63. The molecule has 1 heterocycles. The van der Waals surface area contributed by atoms with Crippen LogP contribution in [0.4, 0.5) is 0 Å². The van der Waals surface area contributed by atoms with Crippen molar-refractivity contribution < 1.29 is 4.74 Å². The summed E-state index contributed by atoms with van der Waals surface area (Å²) in [4.78, 5) is 0. The van der Waals surface area contributed by atoms with Gasteiger partial charge in [0, 0.05) is 12.1 Å². The molecule has 1 saturated heterocycles. The van der Waals surface area contributed by atoms with Crippen molar-refractivity contribution in [3.63, 3.8) is 0 Å². The van der Waals surface area contributed by atoms with Gasteiger partial charge in [0.25, 0.3) is 0 Å². The number of nitrogens with two attached hydrogens (primary N) is 1. The monoisotopic (exact) mass is 181 g/mol. The van der Waals surface area contributed by atoms with Crippen LogP contribution in [0.1, 0.15) is 38.5 Å². The number of ether oxygens (including phenoxy) is 1. The van der Waals surface area contributed by atoms with Crippen LogP contribution in [-0.4, -0.2) is 18.2 Å². The normalized spacial score (nSPS) is 53.8.